The fourth-order valence-corrected chi connectivity index (χ4v) is 3.53. The van der Waals surface area contributed by atoms with Crippen molar-refractivity contribution in [3.05, 3.63) is 12.2 Å². The van der Waals surface area contributed by atoms with Crippen molar-refractivity contribution >= 4 is 5.91 Å². The number of piperidine rings is 2. The molecule has 1 spiro atoms. The number of aliphatic hydroxyl groups excluding tert-OH is 1. The lowest BCUT2D eigenvalue weighted by atomic mass is 9.71. The number of rotatable bonds is 3. The van der Waals surface area contributed by atoms with E-state index in [0.717, 1.165) is 38.3 Å². The molecule has 0 aliphatic carbocycles. The summed E-state index contributed by atoms with van der Waals surface area (Å²) in [6.45, 7) is 5.67. The molecule has 2 fully saturated rings. The van der Waals surface area contributed by atoms with Gasteiger partial charge in [-0.1, -0.05) is 0 Å². The van der Waals surface area contributed by atoms with E-state index in [0.29, 0.717) is 19.5 Å². The zero-order chi connectivity index (χ0) is 14.9. The molecular formula is C14H23N5O2. The molecule has 2 aliphatic heterocycles. The first-order chi connectivity index (χ1) is 10.2. The van der Waals surface area contributed by atoms with E-state index >= 15 is 0 Å². The number of likely N-dealkylation sites (tertiary alicyclic amines) is 1. The molecule has 1 aromatic rings. The Morgan fingerprint density at radius 3 is 3.19 bits per heavy atom. The van der Waals surface area contributed by atoms with Gasteiger partial charge in [0.25, 0.3) is 0 Å². The molecule has 1 amide bonds. The molecule has 2 N–H and O–H groups in total. The zero-order valence-corrected chi connectivity index (χ0v) is 12.5. The Kier molecular flexibility index (Phi) is 3.95. The standard InChI is InChI=1S/C14H23N5O2/c1-2-19-10-16-17-12(19)8-18-7-4-11(20)14(9-18)5-3-6-15-13(14)21/h10-11,20H,2-9H2,1H3,(H,15,21)/t11-,14+/m0/s1. The highest BCUT2D eigenvalue weighted by Gasteiger charge is 2.49. The van der Waals surface area contributed by atoms with Crippen LogP contribution in [0.25, 0.3) is 0 Å². The van der Waals surface area contributed by atoms with Crippen LogP contribution in [0.3, 0.4) is 0 Å². The van der Waals surface area contributed by atoms with E-state index in [9.17, 15) is 9.90 Å². The van der Waals surface area contributed by atoms with Crippen LogP contribution in [0, 0.1) is 5.41 Å². The van der Waals surface area contributed by atoms with Crippen molar-refractivity contribution in [1.29, 1.82) is 0 Å². The first kappa shape index (κ1) is 14.5. The minimum absolute atomic E-state index is 0.00269. The number of aliphatic hydroxyl groups is 1. The van der Waals surface area contributed by atoms with Crippen LogP contribution >= 0.6 is 0 Å². The molecule has 0 saturated carbocycles. The minimum Gasteiger partial charge on any atom is -0.392 e. The summed E-state index contributed by atoms with van der Waals surface area (Å²) in [6.07, 6.45) is 3.52. The maximum absolute atomic E-state index is 12.3. The predicted octanol–water partition coefficient (Wildman–Crippen LogP) is -0.239. The van der Waals surface area contributed by atoms with Gasteiger partial charge in [0.2, 0.25) is 5.91 Å². The van der Waals surface area contributed by atoms with Gasteiger partial charge in [-0.3, -0.25) is 9.69 Å². The van der Waals surface area contributed by atoms with Crippen molar-refractivity contribution in [3.8, 4) is 0 Å². The number of hydrogen-bond donors (Lipinski definition) is 2. The zero-order valence-electron chi connectivity index (χ0n) is 12.5. The quantitative estimate of drug-likeness (QED) is 0.804. The molecule has 0 radical (unpaired) electrons. The number of aromatic nitrogens is 3. The van der Waals surface area contributed by atoms with E-state index in [1.165, 1.54) is 0 Å². The monoisotopic (exact) mass is 293 g/mol. The topological polar surface area (TPSA) is 83.3 Å². The van der Waals surface area contributed by atoms with Crippen molar-refractivity contribution in [2.24, 2.45) is 5.41 Å². The molecule has 0 bridgehead atoms. The number of aryl methyl sites for hydroxylation is 1. The van der Waals surface area contributed by atoms with Crippen LogP contribution in [0.15, 0.2) is 6.33 Å². The molecule has 21 heavy (non-hydrogen) atoms. The van der Waals surface area contributed by atoms with E-state index in [1.54, 1.807) is 6.33 Å². The van der Waals surface area contributed by atoms with Gasteiger partial charge in [-0.05, 0) is 26.2 Å². The van der Waals surface area contributed by atoms with Gasteiger partial charge < -0.3 is 15.0 Å². The summed E-state index contributed by atoms with van der Waals surface area (Å²) in [5.41, 5.74) is -0.645. The van der Waals surface area contributed by atoms with Gasteiger partial charge >= 0.3 is 0 Å². The Morgan fingerprint density at radius 2 is 2.43 bits per heavy atom. The SMILES string of the molecule is CCn1cnnc1CN1CC[C@H](O)[C@@]2(CCCNC2=O)C1. The summed E-state index contributed by atoms with van der Waals surface area (Å²) in [6, 6.07) is 0. The van der Waals surface area contributed by atoms with Crippen LogP contribution in [-0.2, 0) is 17.9 Å². The highest BCUT2D eigenvalue weighted by Crippen LogP contribution is 2.37. The smallest absolute Gasteiger partial charge is 0.230 e. The molecular weight excluding hydrogens is 270 g/mol. The Bertz CT molecular complexity index is 517. The second-order valence-electron chi connectivity index (χ2n) is 6.06. The molecule has 3 rings (SSSR count). The number of nitrogens with zero attached hydrogens (tertiary/aromatic N) is 4. The van der Waals surface area contributed by atoms with E-state index < -0.39 is 11.5 Å². The number of nitrogens with one attached hydrogen (secondary N) is 1. The van der Waals surface area contributed by atoms with Crippen LogP contribution in [0.2, 0.25) is 0 Å². The lowest BCUT2D eigenvalue weighted by Crippen LogP contribution is -2.61. The van der Waals surface area contributed by atoms with E-state index in [4.69, 9.17) is 0 Å². The summed E-state index contributed by atoms with van der Waals surface area (Å²) < 4.78 is 2.01. The minimum atomic E-state index is -0.645. The lowest BCUT2D eigenvalue weighted by molar-refractivity contribution is -0.149. The third-order valence-electron chi connectivity index (χ3n) is 4.80. The van der Waals surface area contributed by atoms with Crippen molar-refractivity contribution in [2.45, 2.75) is 45.4 Å². The van der Waals surface area contributed by atoms with Crippen LogP contribution in [-0.4, -0.2) is 56.4 Å². The molecule has 0 unspecified atom stereocenters. The fraction of sp³-hybridized carbons (Fsp3) is 0.786. The summed E-state index contributed by atoms with van der Waals surface area (Å²) >= 11 is 0. The van der Waals surface area contributed by atoms with Gasteiger partial charge in [-0.15, -0.1) is 10.2 Å². The largest absolute Gasteiger partial charge is 0.392 e. The highest BCUT2D eigenvalue weighted by molar-refractivity contribution is 5.84. The molecule has 3 heterocycles. The first-order valence-electron chi connectivity index (χ1n) is 7.71. The Labute approximate surface area is 124 Å². The van der Waals surface area contributed by atoms with Gasteiger partial charge in [-0.2, -0.15) is 0 Å². The molecule has 116 valence electrons. The molecule has 2 atom stereocenters. The Balaban J connectivity index is 1.75. The Morgan fingerprint density at radius 1 is 1.57 bits per heavy atom. The van der Waals surface area contributed by atoms with Crippen LogP contribution in [0.5, 0.6) is 0 Å². The lowest BCUT2D eigenvalue weighted by Gasteiger charge is -2.46. The van der Waals surface area contributed by atoms with Gasteiger partial charge in [0.1, 0.15) is 12.2 Å². The van der Waals surface area contributed by atoms with E-state index in [1.807, 2.05) is 4.57 Å². The first-order valence-corrected chi connectivity index (χ1v) is 7.71. The summed E-state index contributed by atoms with van der Waals surface area (Å²) in [5.74, 6) is 0.920. The average Bonchev–Trinajstić information content (AvgIpc) is 2.93. The van der Waals surface area contributed by atoms with Crippen molar-refractivity contribution in [1.82, 2.24) is 25.0 Å². The number of amides is 1. The van der Waals surface area contributed by atoms with Gasteiger partial charge in [0, 0.05) is 26.2 Å². The molecule has 2 saturated heterocycles. The molecule has 2 aliphatic rings. The van der Waals surface area contributed by atoms with Gasteiger partial charge in [0.05, 0.1) is 18.1 Å². The highest BCUT2D eigenvalue weighted by atomic mass is 16.3. The van der Waals surface area contributed by atoms with E-state index in [2.05, 4.69) is 27.3 Å². The van der Waals surface area contributed by atoms with Crippen LogP contribution < -0.4 is 5.32 Å². The number of carbonyl (C=O) groups excluding carboxylic acids is 1. The fourth-order valence-electron chi connectivity index (χ4n) is 3.53. The van der Waals surface area contributed by atoms with Crippen molar-refractivity contribution in [3.63, 3.8) is 0 Å². The average molecular weight is 293 g/mol. The molecule has 0 aromatic carbocycles. The van der Waals surface area contributed by atoms with Crippen LogP contribution in [0.1, 0.15) is 32.0 Å². The molecule has 7 heteroatoms. The summed E-state index contributed by atoms with van der Waals surface area (Å²) in [7, 11) is 0. The normalized spacial score (nSPS) is 30.6. The number of carbonyl (C=O) groups is 1. The second-order valence-corrected chi connectivity index (χ2v) is 6.06. The second kappa shape index (κ2) is 5.73. The molecule has 1 aromatic heterocycles. The third kappa shape index (κ3) is 2.55. The third-order valence-corrected chi connectivity index (χ3v) is 4.80. The predicted molar refractivity (Wildman–Crippen MR) is 76.3 cm³/mol. The molecule has 7 nitrogen and oxygen atoms in total. The van der Waals surface area contributed by atoms with Crippen LogP contribution in [0.4, 0.5) is 0 Å². The van der Waals surface area contributed by atoms with Crippen molar-refractivity contribution < 1.29 is 9.90 Å². The van der Waals surface area contributed by atoms with Crippen molar-refractivity contribution in [2.75, 3.05) is 19.6 Å². The summed E-state index contributed by atoms with van der Waals surface area (Å²) in [5, 5.41) is 21.4. The Hall–Kier alpha value is -1.47. The van der Waals surface area contributed by atoms with E-state index in [-0.39, 0.29) is 5.91 Å². The summed E-state index contributed by atoms with van der Waals surface area (Å²) in [4.78, 5) is 14.5. The maximum Gasteiger partial charge on any atom is 0.230 e. The number of hydrogen-bond acceptors (Lipinski definition) is 5. The van der Waals surface area contributed by atoms with Gasteiger partial charge in [0.15, 0.2) is 0 Å². The maximum atomic E-state index is 12.3. The van der Waals surface area contributed by atoms with Gasteiger partial charge in [-0.25, -0.2) is 0 Å².